The first-order chi connectivity index (χ1) is 8.58. The number of nitrogens with zero attached hydrogens (tertiary/aromatic N) is 2. The summed E-state index contributed by atoms with van der Waals surface area (Å²) in [6, 6.07) is 4.74. The fourth-order valence-electron chi connectivity index (χ4n) is 1.59. The van der Waals surface area contributed by atoms with Crippen molar-refractivity contribution in [2.45, 2.75) is 19.4 Å². The highest BCUT2D eigenvalue weighted by Gasteiger charge is 2.13. The molecule has 1 heterocycles. The summed E-state index contributed by atoms with van der Waals surface area (Å²) in [5.74, 6) is -0.338. The third-order valence-electron chi connectivity index (χ3n) is 2.59. The summed E-state index contributed by atoms with van der Waals surface area (Å²) in [6.07, 6.45) is 2.62. The molecule has 0 spiro atoms. The van der Waals surface area contributed by atoms with Crippen molar-refractivity contribution in [2.75, 3.05) is 0 Å². The van der Waals surface area contributed by atoms with E-state index < -0.39 is 6.10 Å². The quantitative estimate of drug-likeness (QED) is 0.948. The van der Waals surface area contributed by atoms with E-state index in [2.05, 4.69) is 25.9 Å². The van der Waals surface area contributed by atoms with Crippen LogP contribution in [0.1, 0.15) is 23.1 Å². The van der Waals surface area contributed by atoms with Crippen LogP contribution in [0.5, 0.6) is 0 Å². The van der Waals surface area contributed by atoms with Gasteiger partial charge in [0, 0.05) is 12.6 Å². The van der Waals surface area contributed by atoms with Gasteiger partial charge in [0.1, 0.15) is 11.9 Å². The van der Waals surface area contributed by atoms with Crippen LogP contribution in [-0.4, -0.2) is 15.1 Å². The molecule has 2 aromatic rings. The second-order valence-corrected chi connectivity index (χ2v) is 4.81. The Bertz CT molecular complexity index is 545. The van der Waals surface area contributed by atoms with E-state index in [9.17, 15) is 9.50 Å². The van der Waals surface area contributed by atoms with E-state index in [4.69, 9.17) is 0 Å². The number of aliphatic hydroxyl groups is 1. The summed E-state index contributed by atoms with van der Waals surface area (Å²) in [5.41, 5.74) is 1.97. The Morgan fingerprint density at radius 1 is 1.33 bits per heavy atom. The minimum Gasteiger partial charge on any atom is -0.386 e. The molecule has 0 aliphatic heterocycles. The van der Waals surface area contributed by atoms with Gasteiger partial charge in [-0.1, -0.05) is 12.1 Å². The van der Waals surface area contributed by atoms with Gasteiger partial charge in [0.2, 0.25) is 0 Å². The normalized spacial score (nSPS) is 12.4. The number of hydrogen-bond donors (Lipinski definition) is 1. The standard InChI is InChI=1S/C13H12BrFN2O/c1-8-6-17-11(7-16-8)12(18)5-9-3-2-4-10(15)13(9)14/h2-4,6-7,12,18H,5H2,1H3. The maximum absolute atomic E-state index is 13.3. The minimum atomic E-state index is -0.795. The van der Waals surface area contributed by atoms with Gasteiger partial charge in [-0.15, -0.1) is 0 Å². The van der Waals surface area contributed by atoms with Crippen LogP contribution < -0.4 is 0 Å². The molecule has 1 atom stereocenters. The highest BCUT2D eigenvalue weighted by molar-refractivity contribution is 9.10. The zero-order valence-corrected chi connectivity index (χ0v) is 11.4. The SMILES string of the molecule is Cc1cnc(C(O)Cc2cccc(F)c2Br)cn1. The smallest absolute Gasteiger partial charge is 0.137 e. The summed E-state index contributed by atoms with van der Waals surface area (Å²) >= 11 is 3.17. The predicted octanol–water partition coefficient (Wildman–Crippen LogP) is 2.96. The van der Waals surface area contributed by atoms with Crippen molar-refractivity contribution in [3.63, 3.8) is 0 Å². The van der Waals surface area contributed by atoms with Gasteiger partial charge in [0.05, 0.1) is 22.1 Å². The Morgan fingerprint density at radius 3 is 2.78 bits per heavy atom. The summed E-state index contributed by atoms with van der Waals surface area (Å²) in [4.78, 5) is 8.18. The highest BCUT2D eigenvalue weighted by Crippen LogP contribution is 2.25. The number of hydrogen-bond acceptors (Lipinski definition) is 3. The van der Waals surface area contributed by atoms with Crippen LogP contribution in [0.3, 0.4) is 0 Å². The average molecular weight is 311 g/mol. The molecular formula is C13H12BrFN2O. The Morgan fingerprint density at radius 2 is 2.11 bits per heavy atom. The first-order valence-corrected chi connectivity index (χ1v) is 6.26. The first kappa shape index (κ1) is 13.1. The fourth-order valence-corrected chi connectivity index (χ4v) is 2.02. The predicted molar refractivity (Wildman–Crippen MR) is 69.5 cm³/mol. The minimum absolute atomic E-state index is 0.288. The van der Waals surface area contributed by atoms with Gasteiger partial charge in [0.15, 0.2) is 0 Å². The molecule has 1 unspecified atom stereocenters. The van der Waals surface area contributed by atoms with Crippen LogP contribution in [0.2, 0.25) is 0 Å². The van der Waals surface area contributed by atoms with Gasteiger partial charge in [-0.3, -0.25) is 9.97 Å². The molecular weight excluding hydrogens is 299 g/mol. The van der Waals surface area contributed by atoms with Crippen LogP contribution >= 0.6 is 15.9 Å². The summed E-state index contributed by atoms with van der Waals surface area (Å²) in [6.45, 7) is 1.83. The topological polar surface area (TPSA) is 46.0 Å². The van der Waals surface area contributed by atoms with E-state index in [1.807, 2.05) is 6.92 Å². The Hall–Kier alpha value is -1.33. The second-order valence-electron chi connectivity index (χ2n) is 4.02. The average Bonchev–Trinajstić information content (AvgIpc) is 2.36. The summed E-state index contributed by atoms with van der Waals surface area (Å²) in [7, 11) is 0. The van der Waals surface area contributed by atoms with Crippen molar-refractivity contribution in [1.82, 2.24) is 9.97 Å². The molecule has 5 heteroatoms. The molecule has 1 aromatic heterocycles. The van der Waals surface area contributed by atoms with Gasteiger partial charge in [0.25, 0.3) is 0 Å². The molecule has 1 N–H and O–H groups in total. The van der Waals surface area contributed by atoms with Crippen molar-refractivity contribution >= 4 is 15.9 Å². The number of benzene rings is 1. The molecule has 0 aliphatic rings. The molecule has 0 saturated carbocycles. The second kappa shape index (κ2) is 5.54. The zero-order chi connectivity index (χ0) is 13.1. The Balaban J connectivity index is 2.18. The lowest BCUT2D eigenvalue weighted by atomic mass is 10.1. The lowest BCUT2D eigenvalue weighted by Gasteiger charge is -2.11. The third kappa shape index (κ3) is 2.91. The Kier molecular flexibility index (Phi) is 4.04. The maximum atomic E-state index is 13.3. The van der Waals surface area contributed by atoms with E-state index in [1.165, 1.54) is 12.3 Å². The molecule has 18 heavy (non-hydrogen) atoms. The van der Waals surface area contributed by atoms with E-state index in [0.717, 1.165) is 5.69 Å². The maximum Gasteiger partial charge on any atom is 0.137 e. The lowest BCUT2D eigenvalue weighted by Crippen LogP contribution is -2.06. The fraction of sp³-hybridized carbons (Fsp3) is 0.231. The van der Waals surface area contributed by atoms with Crippen LogP contribution in [0.4, 0.5) is 4.39 Å². The van der Waals surface area contributed by atoms with Crippen LogP contribution in [0.25, 0.3) is 0 Å². The number of aliphatic hydroxyl groups excluding tert-OH is 1. The third-order valence-corrected chi connectivity index (χ3v) is 3.48. The monoisotopic (exact) mass is 310 g/mol. The number of aromatic nitrogens is 2. The van der Waals surface area contributed by atoms with Gasteiger partial charge < -0.3 is 5.11 Å². The summed E-state index contributed by atoms with van der Waals surface area (Å²) < 4.78 is 13.7. The van der Waals surface area contributed by atoms with E-state index >= 15 is 0 Å². The summed E-state index contributed by atoms with van der Waals surface area (Å²) in [5, 5.41) is 10.0. The van der Waals surface area contributed by atoms with Crippen molar-refractivity contribution < 1.29 is 9.50 Å². The van der Waals surface area contributed by atoms with Crippen molar-refractivity contribution in [2.24, 2.45) is 0 Å². The molecule has 0 fully saturated rings. The number of aryl methyl sites for hydroxylation is 1. The molecule has 0 bridgehead atoms. The van der Waals surface area contributed by atoms with Crippen molar-refractivity contribution in [3.05, 3.63) is 57.8 Å². The van der Waals surface area contributed by atoms with Crippen molar-refractivity contribution in [3.8, 4) is 0 Å². The van der Waals surface area contributed by atoms with Gasteiger partial charge in [-0.2, -0.15) is 0 Å². The van der Waals surface area contributed by atoms with Crippen molar-refractivity contribution in [1.29, 1.82) is 0 Å². The largest absolute Gasteiger partial charge is 0.386 e. The first-order valence-electron chi connectivity index (χ1n) is 5.47. The Labute approximate surface area is 113 Å². The molecule has 2 rings (SSSR count). The zero-order valence-electron chi connectivity index (χ0n) is 9.77. The van der Waals surface area contributed by atoms with E-state index in [-0.39, 0.29) is 12.2 Å². The van der Waals surface area contributed by atoms with Gasteiger partial charge in [-0.05, 0) is 34.5 Å². The molecule has 0 aliphatic carbocycles. The molecule has 1 aromatic carbocycles. The van der Waals surface area contributed by atoms with Gasteiger partial charge >= 0.3 is 0 Å². The molecule has 0 amide bonds. The highest BCUT2D eigenvalue weighted by atomic mass is 79.9. The van der Waals surface area contributed by atoms with E-state index in [0.29, 0.717) is 15.7 Å². The van der Waals surface area contributed by atoms with Crippen LogP contribution in [-0.2, 0) is 6.42 Å². The van der Waals surface area contributed by atoms with E-state index in [1.54, 1.807) is 18.3 Å². The van der Waals surface area contributed by atoms with Gasteiger partial charge in [-0.25, -0.2) is 4.39 Å². The lowest BCUT2D eigenvalue weighted by molar-refractivity contribution is 0.173. The van der Waals surface area contributed by atoms with Crippen LogP contribution in [0, 0.1) is 12.7 Å². The number of rotatable bonds is 3. The van der Waals surface area contributed by atoms with Crippen LogP contribution in [0.15, 0.2) is 35.1 Å². The number of halogens is 2. The molecule has 0 radical (unpaired) electrons. The molecule has 0 saturated heterocycles. The molecule has 3 nitrogen and oxygen atoms in total. The molecule has 94 valence electrons.